The molecule has 1 N–H and O–H groups in total. The predicted molar refractivity (Wildman–Crippen MR) is 120 cm³/mol. The third-order valence-corrected chi connectivity index (χ3v) is 5.34. The molecule has 30 heavy (non-hydrogen) atoms. The van der Waals surface area contributed by atoms with Crippen molar-refractivity contribution in [1.82, 2.24) is 5.32 Å². The first-order valence-electron chi connectivity index (χ1n) is 9.78. The van der Waals surface area contributed by atoms with Crippen molar-refractivity contribution in [3.8, 4) is 11.5 Å². The Balaban J connectivity index is 1.75. The van der Waals surface area contributed by atoms with Crippen molar-refractivity contribution in [3.05, 3.63) is 93.2 Å². The second-order valence-corrected chi connectivity index (χ2v) is 7.65. The van der Waals surface area contributed by atoms with E-state index in [1.54, 1.807) is 12.1 Å². The Morgan fingerprint density at radius 2 is 1.73 bits per heavy atom. The third kappa shape index (κ3) is 5.66. The lowest BCUT2D eigenvalue weighted by Crippen LogP contribution is -2.18. The van der Waals surface area contributed by atoms with Gasteiger partial charge in [0, 0.05) is 18.2 Å². The van der Waals surface area contributed by atoms with Crippen LogP contribution in [0, 0.1) is 5.82 Å². The van der Waals surface area contributed by atoms with Crippen molar-refractivity contribution in [2.75, 3.05) is 6.61 Å². The summed E-state index contributed by atoms with van der Waals surface area (Å²) in [7, 11) is 0. The normalized spacial score (nSPS) is 11.9. The summed E-state index contributed by atoms with van der Waals surface area (Å²) in [6.45, 7) is 5.00. The summed E-state index contributed by atoms with van der Waals surface area (Å²) in [6.07, 6.45) is 0. The third-order valence-electron chi connectivity index (χ3n) is 4.70. The lowest BCUT2D eigenvalue weighted by molar-refractivity contribution is 0.266. The van der Waals surface area contributed by atoms with Gasteiger partial charge < -0.3 is 14.8 Å². The minimum Gasteiger partial charge on any atom is -0.490 e. The van der Waals surface area contributed by atoms with Gasteiger partial charge in [-0.3, -0.25) is 0 Å². The fourth-order valence-corrected chi connectivity index (χ4v) is 3.58. The van der Waals surface area contributed by atoms with E-state index in [2.05, 4.69) is 24.4 Å². The highest BCUT2D eigenvalue weighted by Crippen LogP contribution is 2.38. The van der Waals surface area contributed by atoms with E-state index in [4.69, 9.17) is 32.7 Å². The second kappa shape index (κ2) is 10.7. The molecule has 0 saturated heterocycles. The average molecular weight is 448 g/mol. The number of halogens is 3. The smallest absolute Gasteiger partial charge is 0.180 e. The molecule has 0 bridgehead atoms. The molecule has 0 spiro atoms. The van der Waals surface area contributed by atoms with Gasteiger partial charge in [-0.25, -0.2) is 4.39 Å². The Morgan fingerprint density at radius 1 is 0.967 bits per heavy atom. The molecule has 0 aromatic heterocycles. The molecule has 0 fully saturated rings. The van der Waals surface area contributed by atoms with E-state index < -0.39 is 5.82 Å². The van der Waals surface area contributed by atoms with Crippen LogP contribution in [0.5, 0.6) is 11.5 Å². The molecule has 3 nitrogen and oxygen atoms in total. The van der Waals surface area contributed by atoms with Crippen LogP contribution >= 0.6 is 23.2 Å². The van der Waals surface area contributed by atoms with Crippen molar-refractivity contribution in [2.45, 2.75) is 33.0 Å². The molecule has 0 saturated carbocycles. The summed E-state index contributed by atoms with van der Waals surface area (Å²) in [5, 5.41) is 4.19. The van der Waals surface area contributed by atoms with Gasteiger partial charge in [-0.15, -0.1) is 0 Å². The van der Waals surface area contributed by atoms with Gasteiger partial charge in [0.05, 0.1) is 16.7 Å². The van der Waals surface area contributed by atoms with Gasteiger partial charge in [-0.05, 0) is 49.2 Å². The molecule has 0 aliphatic carbocycles. The molecular weight excluding hydrogens is 424 g/mol. The summed E-state index contributed by atoms with van der Waals surface area (Å²) >= 11 is 12.6. The molecule has 0 aliphatic heterocycles. The maximum Gasteiger partial charge on any atom is 0.180 e. The maximum atomic E-state index is 14.0. The topological polar surface area (TPSA) is 30.5 Å². The molecule has 3 aromatic rings. The number of nitrogens with one attached hydrogen (secondary N) is 1. The summed E-state index contributed by atoms with van der Waals surface area (Å²) < 4.78 is 25.6. The lowest BCUT2D eigenvalue weighted by atomic mass is 10.1. The zero-order valence-electron chi connectivity index (χ0n) is 16.9. The predicted octanol–water partition coefficient (Wildman–Crippen LogP) is 6.96. The molecule has 158 valence electrons. The molecule has 0 heterocycles. The van der Waals surface area contributed by atoms with Crippen molar-refractivity contribution in [2.24, 2.45) is 0 Å². The Kier molecular flexibility index (Phi) is 7.97. The largest absolute Gasteiger partial charge is 0.490 e. The van der Waals surface area contributed by atoms with Crippen molar-refractivity contribution >= 4 is 23.2 Å². The minimum atomic E-state index is -0.424. The molecule has 0 aliphatic rings. The Bertz CT molecular complexity index is 962. The first-order valence-corrected chi connectivity index (χ1v) is 10.5. The van der Waals surface area contributed by atoms with Crippen LogP contribution in [0.1, 0.15) is 36.6 Å². The van der Waals surface area contributed by atoms with E-state index in [1.165, 1.54) is 11.6 Å². The van der Waals surface area contributed by atoms with Crippen molar-refractivity contribution in [1.29, 1.82) is 0 Å². The summed E-state index contributed by atoms with van der Waals surface area (Å²) in [5.74, 6) is 0.464. The molecule has 3 aromatic carbocycles. The van der Waals surface area contributed by atoms with Gasteiger partial charge in [0.1, 0.15) is 12.4 Å². The van der Waals surface area contributed by atoms with E-state index >= 15 is 0 Å². The van der Waals surface area contributed by atoms with Gasteiger partial charge in [0.15, 0.2) is 11.5 Å². The molecule has 1 atom stereocenters. The number of hydrogen-bond donors (Lipinski definition) is 1. The summed E-state index contributed by atoms with van der Waals surface area (Å²) in [6, 6.07) is 18.6. The maximum absolute atomic E-state index is 14.0. The standard InChI is InChI=1S/C24H24Cl2FNO2/c1-3-29-23-13-17(14-28-16(2)18-8-5-4-6-9-18)12-21(26)24(23)30-15-19-20(25)10-7-11-22(19)27/h4-13,16,28H,3,14-15H2,1-2H3/t16-/m1/s1. The summed E-state index contributed by atoms with van der Waals surface area (Å²) in [5.41, 5.74) is 2.44. The fraction of sp³-hybridized carbons (Fsp3) is 0.250. The average Bonchev–Trinajstić information content (AvgIpc) is 2.74. The van der Waals surface area contributed by atoms with E-state index in [9.17, 15) is 4.39 Å². The van der Waals surface area contributed by atoms with Gasteiger partial charge in [-0.1, -0.05) is 59.6 Å². The molecular formula is C24H24Cl2FNO2. The van der Waals surface area contributed by atoms with E-state index in [0.717, 1.165) is 5.56 Å². The van der Waals surface area contributed by atoms with Gasteiger partial charge in [0.25, 0.3) is 0 Å². The molecule has 0 radical (unpaired) electrons. The first kappa shape index (κ1) is 22.4. The highest BCUT2D eigenvalue weighted by atomic mass is 35.5. The zero-order chi connectivity index (χ0) is 21.5. The van der Waals surface area contributed by atoms with Crippen molar-refractivity contribution in [3.63, 3.8) is 0 Å². The van der Waals surface area contributed by atoms with Crippen LogP contribution in [0.3, 0.4) is 0 Å². The highest BCUT2D eigenvalue weighted by molar-refractivity contribution is 6.32. The van der Waals surface area contributed by atoms with Crippen LogP contribution in [0.15, 0.2) is 60.7 Å². The van der Waals surface area contributed by atoms with Crippen LogP contribution in [0.2, 0.25) is 10.0 Å². The number of ether oxygens (including phenoxy) is 2. The Morgan fingerprint density at radius 3 is 2.43 bits per heavy atom. The molecule has 0 amide bonds. The molecule has 0 unspecified atom stereocenters. The first-order chi connectivity index (χ1) is 14.5. The van der Waals surface area contributed by atoms with Gasteiger partial charge >= 0.3 is 0 Å². The minimum absolute atomic E-state index is 0.0477. The Labute approximate surface area is 186 Å². The fourth-order valence-electron chi connectivity index (χ4n) is 3.07. The van der Waals surface area contributed by atoms with Gasteiger partial charge in [-0.2, -0.15) is 0 Å². The quantitative estimate of drug-likeness (QED) is 0.384. The Hall–Kier alpha value is -2.27. The monoisotopic (exact) mass is 447 g/mol. The van der Waals surface area contributed by atoms with Gasteiger partial charge in [0.2, 0.25) is 0 Å². The highest BCUT2D eigenvalue weighted by Gasteiger charge is 2.16. The van der Waals surface area contributed by atoms with E-state index in [1.807, 2.05) is 37.3 Å². The van der Waals surface area contributed by atoms with E-state index in [0.29, 0.717) is 34.7 Å². The molecule has 6 heteroatoms. The summed E-state index contributed by atoms with van der Waals surface area (Å²) in [4.78, 5) is 0. The SMILES string of the molecule is CCOc1cc(CN[C@H](C)c2ccccc2)cc(Cl)c1OCc1c(F)cccc1Cl. The second-order valence-electron chi connectivity index (χ2n) is 6.84. The lowest BCUT2D eigenvalue weighted by Gasteiger charge is -2.18. The van der Waals surface area contributed by atoms with Crippen molar-refractivity contribution < 1.29 is 13.9 Å². The van der Waals surface area contributed by atoms with Crippen LogP contribution in [-0.2, 0) is 13.2 Å². The van der Waals surface area contributed by atoms with Crippen LogP contribution in [0.25, 0.3) is 0 Å². The molecule has 3 rings (SSSR count). The van der Waals surface area contributed by atoms with Crippen LogP contribution in [-0.4, -0.2) is 6.61 Å². The number of rotatable bonds is 9. The van der Waals surface area contributed by atoms with E-state index in [-0.39, 0.29) is 18.2 Å². The zero-order valence-corrected chi connectivity index (χ0v) is 18.4. The number of hydrogen-bond acceptors (Lipinski definition) is 3. The van der Waals surface area contributed by atoms with Crippen LogP contribution < -0.4 is 14.8 Å². The van der Waals surface area contributed by atoms with Crippen LogP contribution in [0.4, 0.5) is 4.39 Å². The number of benzene rings is 3.